The molecule has 0 atom stereocenters. The summed E-state index contributed by atoms with van der Waals surface area (Å²) >= 11 is 0. The van der Waals surface area contributed by atoms with Gasteiger partial charge >= 0.3 is 0 Å². The molecular weight excluding hydrogens is 250 g/mol. The van der Waals surface area contributed by atoms with Gasteiger partial charge in [-0.25, -0.2) is 13.1 Å². The molecule has 0 unspecified atom stereocenters. The minimum atomic E-state index is -3.15. The predicted octanol–water partition coefficient (Wildman–Crippen LogP) is 0.587. The Morgan fingerprint density at radius 3 is 2.50 bits per heavy atom. The van der Waals surface area contributed by atoms with Crippen molar-refractivity contribution in [1.82, 2.24) is 10.0 Å². The highest BCUT2D eigenvalue weighted by Crippen LogP contribution is 2.02. The second kappa shape index (κ2) is 7.11. The summed E-state index contributed by atoms with van der Waals surface area (Å²) in [7, 11) is -3.15. The Morgan fingerprint density at radius 1 is 1.28 bits per heavy atom. The SMILES string of the molecule is CCNS(=O)(=O)CCNCc1ccc(C#N)cc1. The molecule has 0 aliphatic rings. The molecule has 6 heteroatoms. The Balaban J connectivity index is 2.32. The quantitative estimate of drug-likeness (QED) is 0.708. The minimum absolute atomic E-state index is 0.0666. The monoisotopic (exact) mass is 267 g/mol. The highest BCUT2D eigenvalue weighted by Gasteiger charge is 2.06. The minimum Gasteiger partial charge on any atom is -0.312 e. The molecule has 0 fully saturated rings. The van der Waals surface area contributed by atoms with Crippen molar-refractivity contribution in [2.75, 3.05) is 18.8 Å². The molecule has 0 heterocycles. The highest BCUT2D eigenvalue weighted by molar-refractivity contribution is 7.89. The third-order valence-electron chi connectivity index (χ3n) is 2.32. The van der Waals surface area contributed by atoms with Crippen molar-refractivity contribution in [3.05, 3.63) is 35.4 Å². The lowest BCUT2D eigenvalue weighted by Crippen LogP contribution is -2.31. The molecule has 0 bridgehead atoms. The number of nitriles is 1. The van der Waals surface area contributed by atoms with E-state index < -0.39 is 10.0 Å². The maximum atomic E-state index is 11.3. The predicted molar refractivity (Wildman–Crippen MR) is 70.3 cm³/mol. The maximum Gasteiger partial charge on any atom is 0.212 e. The number of hydrogen-bond acceptors (Lipinski definition) is 4. The fourth-order valence-corrected chi connectivity index (χ4v) is 2.43. The molecule has 0 saturated carbocycles. The summed E-state index contributed by atoms with van der Waals surface area (Å²) in [5.74, 6) is 0.0666. The van der Waals surface area contributed by atoms with E-state index in [2.05, 4.69) is 10.0 Å². The van der Waals surface area contributed by atoms with Crippen molar-refractivity contribution < 1.29 is 8.42 Å². The first-order chi connectivity index (χ1) is 8.57. The van der Waals surface area contributed by atoms with Crippen LogP contribution in [0.15, 0.2) is 24.3 Å². The van der Waals surface area contributed by atoms with Crippen molar-refractivity contribution in [3.8, 4) is 6.07 Å². The van der Waals surface area contributed by atoms with Gasteiger partial charge in [0, 0.05) is 19.6 Å². The van der Waals surface area contributed by atoms with Crippen molar-refractivity contribution in [2.45, 2.75) is 13.5 Å². The van der Waals surface area contributed by atoms with Gasteiger partial charge in [0.05, 0.1) is 17.4 Å². The average Bonchev–Trinajstić information content (AvgIpc) is 2.35. The van der Waals surface area contributed by atoms with Crippen molar-refractivity contribution in [2.24, 2.45) is 0 Å². The van der Waals surface area contributed by atoms with Gasteiger partial charge in [0.25, 0.3) is 0 Å². The third-order valence-corrected chi connectivity index (χ3v) is 3.79. The van der Waals surface area contributed by atoms with Crippen LogP contribution in [0.4, 0.5) is 0 Å². The van der Waals surface area contributed by atoms with E-state index in [-0.39, 0.29) is 5.75 Å². The summed E-state index contributed by atoms with van der Waals surface area (Å²) in [4.78, 5) is 0. The molecule has 0 amide bonds. The Morgan fingerprint density at radius 2 is 1.94 bits per heavy atom. The van der Waals surface area contributed by atoms with Crippen molar-refractivity contribution in [3.63, 3.8) is 0 Å². The smallest absolute Gasteiger partial charge is 0.212 e. The average molecular weight is 267 g/mol. The second-order valence-electron chi connectivity index (χ2n) is 3.80. The van der Waals surface area contributed by atoms with Crippen LogP contribution in [0.5, 0.6) is 0 Å². The van der Waals surface area contributed by atoms with Crippen LogP contribution in [0.2, 0.25) is 0 Å². The second-order valence-corrected chi connectivity index (χ2v) is 5.73. The number of sulfonamides is 1. The molecule has 98 valence electrons. The Labute approximate surface area is 108 Å². The van der Waals surface area contributed by atoms with E-state index >= 15 is 0 Å². The first-order valence-corrected chi connectivity index (χ1v) is 7.39. The Kier molecular flexibility index (Phi) is 5.78. The molecule has 1 aromatic rings. The first-order valence-electron chi connectivity index (χ1n) is 5.74. The van der Waals surface area contributed by atoms with Gasteiger partial charge < -0.3 is 5.32 Å². The lowest BCUT2D eigenvalue weighted by atomic mass is 10.1. The zero-order valence-corrected chi connectivity index (χ0v) is 11.1. The van der Waals surface area contributed by atoms with Crippen LogP contribution in [0.25, 0.3) is 0 Å². The molecule has 0 aliphatic carbocycles. The largest absolute Gasteiger partial charge is 0.312 e. The number of rotatable bonds is 7. The standard InChI is InChI=1S/C12H17N3O2S/c1-2-15-18(16,17)8-7-14-10-12-5-3-11(9-13)4-6-12/h3-6,14-15H,2,7-8,10H2,1H3. The summed E-state index contributed by atoms with van der Waals surface area (Å²) in [5, 5.41) is 11.7. The van der Waals surface area contributed by atoms with Gasteiger partial charge in [-0.2, -0.15) is 5.26 Å². The molecule has 0 spiro atoms. The molecule has 1 rings (SSSR count). The van der Waals surface area contributed by atoms with Crippen molar-refractivity contribution >= 4 is 10.0 Å². The molecule has 1 aromatic carbocycles. The molecule has 2 N–H and O–H groups in total. The van der Waals surface area contributed by atoms with Gasteiger partial charge in [-0.15, -0.1) is 0 Å². The van der Waals surface area contributed by atoms with Gasteiger partial charge in [0.15, 0.2) is 0 Å². The molecule has 0 aromatic heterocycles. The molecule has 0 saturated heterocycles. The van der Waals surface area contributed by atoms with E-state index in [9.17, 15) is 8.42 Å². The van der Waals surface area contributed by atoms with E-state index in [0.717, 1.165) is 5.56 Å². The van der Waals surface area contributed by atoms with Crippen LogP contribution < -0.4 is 10.0 Å². The van der Waals surface area contributed by atoms with Crippen LogP contribution in [-0.2, 0) is 16.6 Å². The van der Waals surface area contributed by atoms with E-state index in [4.69, 9.17) is 5.26 Å². The number of nitrogens with zero attached hydrogens (tertiary/aromatic N) is 1. The van der Waals surface area contributed by atoms with Gasteiger partial charge in [0.2, 0.25) is 10.0 Å². The zero-order chi connectivity index (χ0) is 13.4. The fourth-order valence-electron chi connectivity index (χ4n) is 1.43. The van der Waals surface area contributed by atoms with Crippen LogP contribution in [0, 0.1) is 11.3 Å². The van der Waals surface area contributed by atoms with E-state index in [0.29, 0.717) is 25.2 Å². The van der Waals surface area contributed by atoms with E-state index in [1.54, 1.807) is 19.1 Å². The molecule has 0 radical (unpaired) electrons. The Bertz CT molecular complexity index is 503. The van der Waals surface area contributed by atoms with Crippen LogP contribution in [0.1, 0.15) is 18.1 Å². The summed E-state index contributed by atoms with van der Waals surface area (Å²) in [5.41, 5.74) is 1.64. The third kappa shape index (κ3) is 5.27. The number of benzene rings is 1. The lowest BCUT2D eigenvalue weighted by Gasteiger charge is -2.06. The topological polar surface area (TPSA) is 82.0 Å². The van der Waals surface area contributed by atoms with E-state index in [1.165, 1.54) is 0 Å². The summed E-state index contributed by atoms with van der Waals surface area (Å²) in [6.45, 7) is 3.16. The van der Waals surface area contributed by atoms with Crippen LogP contribution in [0.3, 0.4) is 0 Å². The number of hydrogen-bond donors (Lipinski definition) is 2. The van der Waals surface area contributed by atoms with Crippen molar-refractivity contribution in [1.29, 1.82) is 5.26 Å². The molecule has 18 heavy (non-hydrogen) atoms. The lowest BCUT2D eigenvalue weighted by molar-refractivity contribution is 0.579. The normalized spacial score (nSPS) is 11.1. The maximum absolute atomic E-state index is 11.3. The van der Waals surface area contributed by atoms with Crippen LogP contribution in [-0.4, -0.2) is 27.3 Å². The Hall–Kier alpha value is -1.42. The molecule has 5 nitrogen and oxygen atoms in total. The molecule has 0 aliphatic heterocycles. The first kappa shape index (κ1) is 14.6. The summed E-state index contributed by atoms with van der Waals surface area (Å²) in [6.07, 6.45) is 0. The zero-order valence-electron chi connectivity index (χ0n) is 10.3. The summed E-state index contributed by atoms with van der Waals surface area (Å²) in [6, 6.07) is 9.24. The van der Waals surface area contributed by atoms with Gasteiger partial charge in [-0.3, -0.25) is 0 Å². The van der Waals surface area contributed by atoms with Gasteiger partial charge in [-0.05, 0) is 17.7 Å². The van der Waals surface area contributed by atoms with Crippen LogP contribution >= 0.6 is 0 Å². The fraction of sp³-hybridized carbons (Fsp3) is 0.417. The van der Waals surface area contributed by atoms with Gasteiger partial charge in [0.1, 0.15) is 0 Å². The van der Waals surface area contributed by atoms with Gasteiger partial charge in [-0.1, -0.05) is 19.1 Å². The van der Waals surface area contributed by atoms with E-state index in [1.807, 2.05) is 18.2 Å². The highest BCUT2D eigenvalue weighted by atomic mass is 32.2. The number of nitrogens with one attached hydrogen (secondary N) is 2. The summed E-state index contributed by atoms with van der Waals surface area (Å²) < 4.78 is 25.1. The molecular formula is C12H17N3O2S.